The number of halogens is 1. The van der Waals surface area contributed by atoms with E-state index in [1.807, 2.05) is 56.3 Å². The van der Waals surface area contributed by atoms with Crippen molar-refractivity contribution in [1.29, 1.82) is 0 Å². The summed E-state index contributed by atoms with van der Waals surface area (Å²) < 4.78 is 5.82. The van der Waals surface area contributed by atoms with Crippen LogP contribution in [-0.2, 0) is 0 Å². The molecule has 2 aromatic carbocycles. The second kappa shape index (κ2) is 4.97. The first kappa shape index (κ1) is 13.2. The highest BCUT2D eigenvalue weighted by Crippen LogP contribution is 2.32. The maximum atomic E-state index is 10.5. The number of rotatable bonds is 2. The maximum absolute atomic E-state index is 10.5. The lowest BCUT2D eigenvalue weighted by Crippen LogP contribution is -2.00. The average molecular weight is 287 g/mol. The zero-order valence-electron chi connectivity index (χ0n) is 11.4. The van der Waals surface area contributed by atoms with Crippen LogP contribution in [0.15, 0.2) is 46.9 Å². The van der Waals surface area contributed by atoms with Crippen LogP contribution >= 0.6 is 11.6 Å². The van der Waals surface area contributed by atoms with E-state index in [0.29, 0.717) is 10.8 Å². The lowest BCUT2D eigenvalue weighted by atomic mass is 10.0. The molecule has 1 heterocycles. The fourth-order valence-electron chi connectivity index (χ4n) is 2.44. The molecule has 0 aliphatic heterocycles. The van der Waals surface area contributed by atoms with Crippen LogP contribution in [0.5, 0.6) is 0 Å². The molecule has 0 saturated heterocycles. The molecular weight excluding hydrogens is 272 g/mol. The molecule has 0 spiro atoms. The smallest absolute Gasteiger partial charge is 0.138 e. The van der Waals surface area contributed by atoms with Crippen molar-refractivity contribution in [3.05, 3.63) is 69.9 Å². The van der Waals surface area contributed by atoms with Crippen LogP contribution in [0.25, 0.3) is 11.0 Å². The van der Waals surface area contributed by atoms with E-state index in [2.05, 4.69) is 0 Å². The average Bonchev–Trinajstić information content (AvgIpc) is 2.87. The van der Waals surface area contributed by atoms with Crippen molar-refractivity contribution >= 4 is 22.6 Å². The first-order valence-corrected chi connectivity index (χ1v) is 6.88. The lowest BCUT2D eigenvalue weighted by molar-refractivity contribution is 0.191. The molecule has 1 atom stereocenters. The number of aryl methyl sites for hydroxylation is 1. The molecule has 20 heavy (non-hydrogen) atoms. The van der Waals surface area contributed by atoms with E-state index >= 15 is 0 Å². The van der Waals surface area contributed by atoms with Gasteiger partial charge in [0.05, 0.1) is 0 Å². The summed E-state index contributed by atoms with van der Waals surface area (Å²) in [4.78, 5) is 0. The fraction of sp³-hybridized carbons (Fsp3) is 0.176. The van der Waals surface area contributed by atoms with Crippen molar-refractivity contribution in [3.8, 4) is 0 Å². The topological polar surface area (TPSA) is 33.4 Å². The number of benzene rings is 2. The van der Waals surface area contributed by atoms with Gasteiger partial charge in [-0.15, -0.1) is 0 Å². The summed E-state index contributed by atoms with van der Waals surface area (Å²) in [6.07, 6.45) is -0.805. The summed E-state index contributed by atoms with van der Waals surface area (Å²) >= 11 is 6.11. The SMILES string of the molecule is Cc1c(Cl)cccc1C(O)c1cc2cccc(C)c2o1. The Hall–Kier alpha value is -1.77. The van der Waals surface area contributed by atoms with E-state index in [-0.39, 0.29) is 0 Å². The lowest BCUT2D eigenvalue weighted by Gasteiger charge is -2.12. The standard InChI is InChI=1S/C17H15ClO2/c1-10-5-3-6-12-9-15(20-17(10)12)16(19)13-7-4-8-14(18)11(13)2/h3-9,16,19H,1-2H3. The van der Waals surface area contributed by atoms with Crippen LogP contribution in [-0.4, -0.2) is 5.11 Å². The molecule has 1 aromatic heterocycles. The van der Waals surface area contributed by atoms with Gasteiger partial charge in [-0.25, -0.2) is 0 Å². The van der Waals surface area contributed by atoms with Crippen LogP contribution in [0.4, 0.5) is 0 Å². The highest BCUT2D eigenvalue weighted by molar-refractivity contribution is 6.31. The Balaban J connectivity index is 2.10. The molecule has 1 unspecified atom stereocenters. The predicted octanol–water partition coefficient (Wildman–Crippen LogP) is 4.78. The largest absolute Gasteiger partial charge is 0.458 e. The van der Waals surface area contributed by atoms with Gasteiger partial charge >= 0.3 is 0 Å². The van der Waals surface area contributed by atoms with Crippen molar-refractivity contribution in [3.63, 3.8) is 0 Å². The summed E-state index contributed by atoms with van der Waals surface area (Å²) in [7, 11) is 0. The third kappa shape index (κ3) is 2.11. The number of furan rings is 1. The molecule has 0 amide bonds. The number of hydrogen-bond donors (Lipinski definition) is 1. The molecule has 3 heteroatoms. The maximum Gasteiger partial charge on any atom is 0.138 e. The molecule has 0 bridgehead atoms. The third-order valence-electron chi connectivity index (χ3n) is 3.63. The third-order valence-corrected chi connectivity index (χ3v) is 4.04. The van der Waals surface area contributed by atoms with E-state index < -0.39 is 6.10 Å². The van der Waals surface area contributed by atoms with E-state index in [1.54, 1.807) is 0 Å². The number of aliphatic hydroxyl groups is 1. The predicted molar refractivity (Wildman–Crippen MR) is 81.2 cm³/mol. The Morgan fingerprint density at radius 2 is 1.85 bits per heavy atom. The summed E-state index contributed by atoms with van der Waals surface area (Å²) in [5.74, 6) is 0.541. The summed E-state index contributed by atoms with van der Waals surface area (Å²) in [5.41, 5.74) is 3.53. The highest BCUT2D eigenvalue weighted by atomic mass is 35.5. The molecule has 0 aliphatic rings. The normalized spacial score (nSPS) is 12.8. The van der Waals surface area contributed by atoms with Crippen LogP contribution in [0.3, 0.4) is 0 Å². The molecule has 0 saturated carbocycles. The molecule has 0 radical (unpaired) electrons. The van der Waals surface area contributed by atoms with Crippen molar-refractivity contribution in [2.24, 2.45) is 0 Å². The zero-order chi connectivity index (χ0) is 14.3. The summed E-state index contributed by atoms with van der Waals surface area (Å²) in [6.45, 7) is 3.89. The first-order chi connectivity index (χ1) is 9.58. The molecule has 3 rings (SSSR count). The van der Waals surface area contributed by atoms with E-state index in [9.17, 15) is 5.11 Å². The van der Waals surface area contributed by atoms with Crippen molar-refractivity contribution in [2.75, 3.05) is 0 Å². The summed E-state index contributed by atoms with van der Waals surface area (Å²) in [5, 5.41) is 12.2. The Bertz CT molecular complexity index is 774. The van der Waals surface area contributed by atoms with Crippen molar-refractivity contribution in [2.45, 2.75) is 20.0 Å². The van der Waals surface area contributed by atoms with E-state index in [4.69, 9.17) is 16.0 Å². The highest BCUT2D eigenvalue weighted by Gasteiger charge is 2.18. The molecule has 0 aliphatic carbocycles. The molecule has 1 N–H and O–H groups in total. The quantitative estimate of drug-likeness (QED) is 0.735. The minimum absolute atomic E-state index is 0.541. The van der Waals surface area contributed by atoms with Gasteiger partial charge in [0.2, 0.25) is 0 Å². The van der Waals surface area contributed by atoms with Crippen LogP contribution in [0, 0.1) is 13.8 Å². The van der Waals surface area contributed by atoms with Gasteiger partial charge in [0, 0.05) is 10.4 Å². The van der Waals surface area contributed by atoms with Crippen molar-refractivity contribution < 1.29 is 9.52 Å². The molecule has 3 aromatic rings. The van der Waals surface area contributed by atoms with Crippen LogP contribution < -0.4 is 0 Å². The van der Waals surface area contributed by atoms with Gasteiger partial charge in [-0.1, -0.05) is 41.9 Å². The number of aliphatic hydroxyl groups excluding tert-OH is 1. The number of hydrogen-bond acceptors (Lipinski definition) is 2. The van der Waals surface area contributed by atoms with Crippen LogP contribution in [0.2, 0.25) is 5.02 Å². The first-order valence-electron chi connectivity index (χ1n) is 6.50. The monoisotopic (exact) mass is 286 g/mol. The van der Waals surface area contributed by atoms with E-state index in [0.717, 1.165) is 27.7 Å². The van der Waals surface area contributed by atoms with Crippen LogP contribution in [0.1, 0.15) is 28.6 Å². The Kier molecular flexibility index (Phi) is 3.28. The Morgan fingerprint density at radius 1 is 1.10 bits per heavy atom. The molecule has 102 valence electrons. The van der Waals surface area contributed by atoms with Gasteiger partial charge in [-0.05, 0) is 42.7 Å². The minimum Gasteiger partial charge on any atom is -0.458 e. The Labute approximate surface area is 122 Å². The second-order valence-electron chi connectivity index (χ2n) is 5.00. The second-order valence-corrected chi connectivity index (χ2v) is 5.41. The van der Waals surface area contributed by atoms with Gasteiger partial charge in [-0.3, -0.25) is 0 Å². The Morgan fingerprint density at radius 3 is 2.60 bits per heavy atom. The van der Waals surface area contributed by atoms with Gasteiger partial charge in [0.25, 0.3) is 0 Å². The molecular formula is C17H15ClO2. The van der Waals surface area contributed by atoms with Crippen molar-refractivity contribution in [1.82, 2.24) is 0 Å². The molecule has 0 fully saturated rings. The molecule has 2 nitrogen and oxygen atoms in total. The fourth-order valence-corrected chi connectivity index (χ4v) is 2.62. The van der Waals surface area contributed by atoms with Gasteiger partial charge in [0.15, 0.2) is 0 Å². The summed E-state index contributed by atoms with van der Waals surface area (Å²) in [6, 6.07) is 13.4. The zero-order valence-corrected chi connectivity index (χ0v) is 12.1. The van der Waals surface area contributed by atoms with Gasteiger partial charge < -0.3 is 9.52 Å². The van der Waals surface area contributed by atoms with Gasteiger partial charge in [-0.2, -0.15) is 0 Å². The van der Waals surface area contributed by atoms with Gasteiger partial charge in [0.1, 0.15) is 17.4 Å². The number of para-hydroxylation sites is 1. The minimum atomic E-state index is -0.805. The van der Waals surface area contributed by atoms with E-state index in [1.165, 1.54) is 0 Å². The number of fused-ring (bicyclic) bond motifs is 1.